The number of hydrogen-bond acceptors (Lipinski definition) is 3. The van der Waals surface area contributed by atoms with Crippen LogP contribution in [0.2, 0.25) is 0 Å². The summed E-state index contributed by atoms with van der Waals surface area (Å²) in [5.41, 5.74) is 3.09. The molecule has 0 saturated carbocycles. The van der Waals surface area contributed by atoms with Crippen molar-refractivity contribution in [2.24, 2.45) is 5.41 Å². The largest absolute Gasteiger partial charge is 0.385 e. The average molecular weight is 373 g/mol. The van der Waals surface area contributed by atoms with E-state index in [2.05, 4.69) is 13.0 Å². The fraction of sp³-hybridized carbons (Fsp3) is 0.636. The fourth-order valence-electron chi connectivity index (χ4n) is 4.57. The summed E-state index contributed by atoms with van der Waals surface area (Å²) in [5.74, 6) is 0.382. The molecule has 5 heteroatoms. The Balaban J connectivity index is 1.72. The van der Waals surface area contributed by atoms with E-state index in [0.717, 1.165) is 68.6 Å². The number of ether oxygens (including phenoxy) is 1. The Morgan fingerprint density at radius 1 is 1.22 bits per heavy atom. The molecule has 1 aromatic carbocycles. The second-order valence-electron chi connectivity index (χ2n) is 8.24. The van der Waals surface area contributed by atoms with Crippen molar-refractivity contribution in [3.63, 3.8) is 0 Å². The van der Waals surface area contributed by atoms with E-state index in [-0.39, 0.29) is 17.2 Å². The van der Waals surface area contributed by atoms with Crippen LogP contribution in [0.1, 0.15) is 53.6 Å². The molecule has 2 fully saturated rings. The zero-order chi connectivity index (χ0) is 19.4. The first-order valence-electron chi connectivity index (χ1n) is 10.1. The number of piperidine rings is 2. The predicted molar refractivity (Wildman–Crippen MR) is 106 cm³/mol. The van der Waals surface area contributed by atoms with Gasteiger partial charge in [0.25, 0.3) is 5.91 Å². The van der Waals surface area contributed by atoms with Crippen LogP contribution in [0.4, 0.5) is 0 Å². The summed E-state index contributed by atoms with van der Waals surface area (Å²) in [5, 5.41) is 0. The summed E-state index contributed by atoms with van der Waals surface area (Å²) < 4.78 is 5.13. The van der Waals surface area contributed by atoms with Gasteiger partial charge in [0.2, 0.25) is 5.91 Å². The molecule has 2 aliphatic rings. The van der Waals surface area contributed by atoms with Gasteiger partial charge in [0.05, 0.1) is 0 Å². The first kappa shape index (κ1) is 19.9. The molecule has 0 unspecified atom stereocenters. The van der Waals surface area contributed by atoms with Gasteiger partial charge in [-0.15, -0.1) is 0 Å². The number of benzene rings is 1. The molecule has 0 aromatic heterocycles. The number of carbonyl (C=O) groups excluding carboxylic acids is 2. The number of aryl methyl sites for hydroxylation is 1. The predicted octanol–water partition coefficient (Wildman–Crippen LogP) is 3.18. The van der Waals surface area contributed by atoms with Crippen LogP contribution in [0, 0.1) is 19.3 Å². The second kappa shape index (κ2) is 8.42. The quantitative estimate of drug-likeness (QED) is 0.746. The van der Waals surface area contributed by atoms with E-state index in [4.69, 9.17) is 4.74 Å². The van der Waals surface area contributed by atoms with Gasteiger partial charge >= 0.3 is 0 Å². The van der Waals surface area contributed by atoms with E-state index >= 15 is 0 Å². The third-order valence-electron chi connectivity index (χ3n) is 6.31. The Morgan fingerprint density at radius 2 is 2.04 bits per heavy atom. The smallest absolute Gasteiger partial charge is 0.254 e. The molecule has 1 aromatic rings. The Labute approximate surface area is 162 Å². The minimum absolute atomic E-state index is 0.0482. The SMILES string of the molecule is COCCCN1C[C@]2(CCCN(C(=O)c3cccc(C)c3C)C2)CCC1=O. The highest BCUT2D eigenvalue weighted by Crippen LogP contribution is 2.39. The Hall–Kier alpha value is -1.88. The van der Waals surface area contributed by atoms with Crippen molar-refractivity contribution in [1.82, 2.24) is 9.80 Å². The normalized spacial score (nSPS) is 23.1. The zero-order valence-electron chi connectivity index (χ0n) is 16.9. The van der Waals surface area contributed by atoms with Crippen LogP contribution in [0.3, 0.4) is 0 Å². The van der Waals surface area contributed by atoms with Gasteiger partial charge in [-0.25, -0.2) is 0 Å². The summed E-state index contributed by atoms with van der Waals surface area (Å²) >= 11 is 0. The number of rotatable bonds is 5. The van der Waals surface area contributed by atoms with Crippen LogP contribution in [-0.2, 0) is 9.53 Å². The molecule has 27 heavy (non-hydrogen) atoms. The lowest BCUT2D eigenvalue weighted by molar-refractivity contribution is -0.139. The summed E-state index contributed by atoms with van der Waals surface area (Å²) in [6.07, 6.45) is 4.46. The third kappa shape index (κ3) is 4.34. The van der Waals surface area contributed by atoms with Crippen LogP contribution < -0.4 is 0 Å². The van der Waals surface area contributed by atoms with E-state index in [1.54, 1.807) is 7.11 Å². The molecule has 3 rings (SSSR count). The molecule has 1 atom stereocenters. The van der Waals surface area contributed by atoms with Gasteiger partial charge in [-0.3, -0.25) is 9.59 Å². The number of carbonyl (C=O) groups is 2. The highest BCUT2D eigenvalue weighted by Gasteiger charge is 2.42. The summed E-state index contributed by atoms with van der Waals surface area (Å²) in [4.78, 5) is 29.5. The fourth-order valence-corrected chi connectivity index (χ4v) is 4.57. The maximum absolute atomic E-state index is 13.2. The van der Waals surface area contributed by atoms with E-state index in [9.17, 15) is 9.59 Å². The summed E-state index contributed by atoms with van der Waals surface area (Å²) in [7, 11) is 1.69. The van der Waals surface area contributed by atoms with Crippen molar-refractivity contribution >= 4 is 11.8 Å². The van der Waals surface area contributed by atoms with Gasteiger partial charge in [0.1, 0.15) is 0 Å². The molecule has 2 heterocycles. The number of nitrogens with zero attached hydrogens (tertiary/aromatic N) is 2. The van der Waals surface area contributed by atoms with Crippen LogP contribution >= 0.6 is 0 Å². The molecule has 0 aliphatic carbocycles. The molecular formula is C22H32N2O3. The highest BCUT2D eigenvalue weighted by atomic mass is 16.5. The molecule has 5 nitrogen and oxygen atoms in total. The molecular weight excluding hydrogens is 340 g/mol. The lowest BCUT2D eigenvalue weighted by Crippen LogP contribution is -2.55. The van der Waals surface area contributed by atoms with Crippen LogP contribution in [0.5, 0.6) is 0 Å². The average Bonchev–Trinajstić information content (AvgIpc) is 2.67. The minimum atomic E-state index is 0.0482. The summed E-state index contributed by atoms with van der Waals surface area (Å²) in [6, 6.07) is 5.95. The van der Waals surface area contributed by atoms with Crippen molar-refractivity contribution in [1.29, 1.82) is 0 Å². The second-order valence-corrected chi connectivity index (χ2v) is 8.24. The Kier molecular flexibility index (Phi) is 6.20. The van der Waals surface area contributed by atoms with Crippen LogP contribution in [-0.4, -0.2) is 61.5 Å². The number of likely N-dealkylation sites (tertiary alicyclic amines) is 2. The van der Waals surface area contributed by atoms with Gasteiger partial charge < -0.3 is 14.5 Å². The van der Waals surface area contributed by atoms with Gasteiger partial charge in [-0.1, -0.05) is 12.1 Å². The maximum Gasteiger partial charge on any atom is 0.254 e. The van der Waals surface area contributed by atoms with Gasteiger partial charge in [0.15, 0.2) is 0 Å². The number of amides is 2. The molecule has 2 saturated heterocycles. The minimum Gasteiger partial charge on any atom is -0.385 e. The molecule has 1 spiro atoms. The maximum atomic E-state index is 13.2. The lowest BCUT2D eigenvalue weighted by atomic mass is 9.73. The number of hydrogen-bond donors (Lipinski definition) is 0. The van der Waals surface area contributed by atoms with E-state index in [1.807, 2.05) is 28.9 Å². The topological polar surface area (TPSA) is 49.9 Å². The summed E-state index contributed by atoms with van der Waals surface area (Å²) in [6.45, 7) is 7.84. The van der Waals surface area contributed by atoms with E-state index < -0.39 is 0 Å². The van der Waals surface area contributed by atoms with E-state index in [0.29, 0.717) is 13.0 Å². The van der Waals surface area contributed by atoms with Crippen molar-refractivity contribution in [3.8, 4) is 0 Å². The first-order chi connectivity index (χ1) is 13.0. The van der Waals surface area contributed by atoms with Crippen LogP contribution in [0.25, 0.3) is 0 Å². The van der Waals surface area contributed by atoms with Crippen molar-refractivity contribution in [2.75, 3.05) is 39.9 Å². The van der Waals surface area contributed by atoms with E-state index in [1.165, 1.54) is 0 Å². The third-order valence-corrected chi connectivity index (χ3v) is 6.31. The molecule has 0 radical (unpaired) electrons. The molecule has 0 bridgehead atoms. The van der Waals surface area contributed by atoms with Crippen molar-refractivity contribution in [2.45, 2.75) is 46.0 Å². The van der Waals surface area contributed by atoms with Crippen molar-refractivity contribution < 1.29 is 14.3 Å². The van der Waals surface area contributed by atoms with Gasteiger partial charge in [-0.2, -0.15) is 0 Å². The molecule has 2 aliphatic heterocycles. The van der Waals surface area contributed by atoms with Crippen LogP contribution in [0.15, 0.2) is 18.2 Å². The number of methoxy groups -OCH3 is 1. The Bertz CT molecular complexity index is 703. The highest BCUT2D eigenvalue weighted by molar-refractivity contribution is 5.96. The molecule has 2 amide bonds. The molecule has 148 valence electrons. The lowest BCUT2D eigenvalue weighted by Gasteiger charge is -2.48. The zero-order valence-corrected chi connectivity index (χ0v) is 16.9. The Morgan fingerprint density at radius 3 is 2.81 bits per heavy atom. The van der Waals surface area contributed by atoms with Gasteiger partial charge in [0, 0.05) is 57.3 Å². The monoisotopic (exact) mass is 372 g/mol. The standard InChI is InChI=1S/C22H32N2O3/c1-17-7-4-8-19(18(17)2)21(26)24-12-5-10-22(16-24)11-9-20(25)23(15-22)13-6-14-27-3/h4,7-8H,5-6,9-16H2,1-3H3/t22-/m0/s1. The molecule has 0 N–H and O–H groups in total. The van der Waals surface area contributed by atoms with Crippen molar-refractivity contribution in [3.05, 3.63) is 34.9 Å². The van der Waals surface area contributed by atoms with Gasteiger partial charge in [-0.05, 0) is 56.7 Å². The first-order valence-corrected chi connectivity index (χ1v) is 10.1.